The number of esters is 1. The maximum atomic E-state index is 10.9. The molecule has 0 atom stereocenters. The minimum Gasteiger partial charge on any atom is -0.469 e. The van der Waals surface area contributed by atoms with E-state index in [1.54, 1.807) is 0 Å². The number of ether oxygens (including phenoxy) is 1. The fourth-order valence-electron chi connectivity index (χ4n) is 2.19. The third-order valence-electron chi connectivity index (χ3n) is 3.13. The number of carbonyl (C=O) groups is 1. The molecule has 1 fully saturated rings. The van der Waals surface area contributed by atoms with Crippen LogP contribution in [0.25, 0.3) is 0 Å². The van der Waals surface area contributed by atoms with Gasteiger partial charge >= 0.3 is 5.97 Å². The van der Waals surface area contributed by atoms with Crippen molar-refractivity contribution in [1.29, 1.82) is 0 Å². The Kier molecular flexibility index (Phi) is 4.39. The highest BCUT2D eigenvalue weighted by molar-refractivity contribution is 5.68. The standard InChI is InChI=1S/C11H21NO2/c1-14-10(13)6-5-9-11(12)7-3-2-4-8-11/h2-9,12H2,1H3. The number of hydrogen-bond donors (Lipinski definition) is 1. The Morgan fingerprint density at radius 3 is 2.57 bits per heavy atom. The summed E-state index contributed by atoms with van der Waals surface area (Å²) in [5.41, 5.74) is 6.24. The van der Waals surface area contributed by atoms with Crippen molar-refractivity contribution in [3.05, 3.63) is 0 Å². The van der Waals surface area contributed by atoms with Crippen LogP contribution >= 0.6 is 0 Å². The van der Waals surface area contributed by atoms with Gasteiger partial charge in [-0.25, -0.2) is 0 Å². The highest BCUT2D eigenvalue weighted by Crippen LogP contribution is 2.29. The zero-order valence-electron chi connectivity index (χ0n) is 9.05. The number of nitrogens with two attached hydrogens (primary N) is 1. The van der Waals surface area contributed by atoms with Crippen LogP contribution in [0, 0.1) is 0 Å². The molecule has 0 bridgehead atoms. The molecule has 82 valence electrons. The summed E-state index contributed by atoms with van der Waals surface area (Å²) in [6.07, 6.45) is 8.38. The van der Waals surface area contributed by atoms with Gasteiger partial charge in [-0.15, -0.1) is 0 Å². The molecule has 0 aromatic rings. The van der Waals surface area contributed by atoms with Gasteiger partial charge in [-0.3, -0.25) is 4.79 Å². The summed E-state index contributed by atoms with van der Waals surface area (Å²) in [5.74, 6) is -0.121. The highest BCUT2D eigenvalue weighted by Gasteiger charge is 2.26. The number of methoxy groups -OCH3 is 1. The zero-order chi connectivity index (χ0) is 10.4. The molecule has 3 heteroatoms. The number of carbonyl (C=O) groups excluding carboxylic acids is 1. The molecular formula is C11H21NO2. The van der Waals surface area contributed by atoms with Gasteiger partial charge in [-0.05, 0) is 25.7 Å². The Balaban J connectivity index is 2.18. The van der Waals surface area contributed by atoms with Gasteiger partial charge in [-0.2, -0.15) is 0 Å². The average Bonchev–Trinajstić information content (AvgIpc) is 2.18. The minimum absolute atomic E-state index is 0.00622. The molecule has 0 radical (unpaired) electrons. The van der Waals surface area contributed by atoms with E-state index in [4.69, 9.17) is 5.73 Å². The van der Waals surface area contributed by atoms with Crippen LogP contribution in [0.15, 0.2) is 0 Å². The first kappa shape index (κ1) is 11.5. The van der Waals surface area contributed by atoms with Gasteiger partial charge in [0.15, 0.2) is 0 Å². The molecule has 0 aromatic heterocycles. The monoisotopic (exact) mass is 199 g/mol. The summed E-state index contributed by atoms with van der Waals surface area (Å²) >= 11 is 0. The molecule has 0 amide bonds. The topological polar surface area (TPSA) is 52.3 Å². The summed E-state index contributed by atoms with van der Waals surface area (Å²) in [6.45, 7) is 0. The Hall–Kier alpha value is -0.570. The first-order valence-electron chi connectivity index (χ1n) is 5.52. The lowest BCUT2D eigenvalue weighted by atomic mass is 9.79. The summed E-state index contributed by atoms with van der Waals surface area (Å²) in [7, 11) is 1.43. The van der Waals surface area contributed by atoms with Crippen LogP contribution < -0.4 is 5.73 Å². The molecule has 0 saturated heterocycles. The van der Waals surface area contributed by atoms with E-state index in [1.165, 1.54) is 26.4 Å². The quantitative estimate of drug-likeness (QED) is 0.704. The molecule has 1 saturated carbocycles. The minimum atomic E-state index is -0.121. The van der Waals surface area contributed by atoms with E-state index >= 15 is 0 Å². The molecule has 1 rings (SSSR count). The van der Waals surface area contributed by atoms with Gasteiger partial charge in [0.25, 0.3) is 0 Å². The average molecular weight is 199 g/mol. The Morgan fingerprint density at radius 1 is 1.36 bits per heavy atom. The molecule has 0 aromatic carbocycles. The number of rotatable bonds is 4. The third-order valence-corrected chi connectivity index (χ3v) is 3.13. The van der Waals surface area contributed by atoms with Crippen LogP contribution in [-0.4, -0.2) is 18.6 Å². The van der Waals surface area contributed by atoms with E-state index in [-0.39, 0.29) is 11.5 Å². The van der Waals surface area contributed by atoms with Gasteiger partial charge < -0.3 is 10.5 Å². The van der Waals surface area contributed by atoms with Crippen LogP contribution in [-0.2, 0) is 9.53 Å². The fourth-order valence-corrected chi connectivity index (χ4v) is 2.19. The molecule has 3 nitrogen and oxygen atoms in total. The molecule has 1 aliphatic rings. The lowest BCUT2D eigenvalue weighted by molar-refractivity contribution is -0.140. The van der Waals surface area contributed by atoms with Crippen molar-refractivity contribution < 1.29 is 9.53 Å². The van der Waals surface area contributed by atoms with Crippen molar-refractivity contribution in [1.82, 2.24) is 0 Å². The van der Waals surface area contributed by atoms with E-state index in [0.717, 1.165) is 25.7 Å². The van der Waals surface area contributed by atoms with Crippen molar-refractivity contribution in [3.63, 3.8) is 0 Å². The third kappa shape index (κ3) is 3.66. The second kappa shape index (κ2) is 5.35. The van der Waals surface area contributed by atoms with E-state index in [1.807, 2.05) is 0 Å². The first-order valence-corrected chi connectivity index (χ1v) is 5.52. The maximum Gasteiger partial charge on any atom is 0.305 e. The molecule has 1 aliphatic carbocycles. The predicted molar refractivity (Wildman–Crippen MR) is 55.9 cm³/mol. The van der Waals surface area contributed by atoms with Crippen molar-refractivity contribution in [3.8, 4) is 0 Å². The van der Waals surface area contributed by atoms with E-state index in [2.05, 4.69) is 4.74 Å². The van der Waals surface area contributed by atoms with Crippen molar-refractivity contribution >= 4 is 5.97 Å². The molecule has 0 aliphatic heterocycles. The van der Waals surface area contributed by atoms with Crippen LogP contribution in [0.2, 0.25) is 0 Å². The Morgan fingerprint density at radius 2 is 2.00 bits per heavy atom. The summed E-state index contributed by atoms with van der Waals surface area (Å²) < 4.78 is 4.59. The molecule has 0 heterocycles. The normalized spacial score (nSPS) is 20.4. The molecule has 2 N–H and O–H groups in total. The van der Waals surface area contributed by atoms with Gasteiger partial charge in [0.05, 0.1) is 7.11 Å². The van der Waals surface area contributed by atoms with Gasteiger partial charge in [0, 0.05) is 12.0 Å². The Bertz CT molecular complexity index is 186. The molecule has 14 heavy (non-hydrogen) atoms. The summed E-state index contributed by atoms with van der Waals surface area (Å²) in [5, 5.41) is 0. The van der Waals surface area contributed by atoms with Crippen LogP contribution in [0.3, 0.4) is 0 Å². The smallest absolute Gasteiger partial charge is 0.305 e. The lowest BCUT2D eigenvalue weighted by Crippen LogP contribution is -2.41. The first-order chi connectivity index (χ1) is 6.66. The zero-order valence-corrected chi connectivity index (χ0v) is 9.05. The number of hydrogen-bond acceptors (Lipinski definition) is 3. The molecule has 0 unspecified atom stereocenters. The Labute approximate surface area is 86.0 Å². The maximum absolute atomic E-state index is 10.9. The van der Waals surface area contributed by atoms with E-state index in [0.29, 0.717) is 6.42 Å². The van der Waals surface area contributed by atoms with Crippen LogP contribution in [0.5, 0.6) is 0 Å². The SMILES string of the molecule is COC(=O)CCCC1(N)CCCCC1. The van der Waals surface area contributed by atoms with Crippen LogP contribution in [0.1, 0.15) is 51.4 Å². The second-order valence-corrected chi connectivity index (χ2v) is 4.35. The van der Waals surface area contributed by atoms with E-state index < -0.39 is 0 Å². The molecule has 0 spiro atoms. The summed E-state index contributed by atoms with van der Waals surface area (Å²) in [6, 6.07) is 0. The van der Waals surface area contributed by atoms with E-state index in [9.17, 15) is 4.79 Å². The van der Waals surface area contributed by atoms with Crippen LogP contribution in [0.4, 0.5) is 0 Å². The van der Waals surface area contributed by atoms with Crippen molar-refractivity contribution in [2.24, 2.45) is 5.73 Å². The molecular weight excluding hydrogens is 178 g/mol. The largest absolute Gasteiger partial charge is 0.469 e. The highest BCUT2D eigenvalue weighted by atomic mass is 16.5. The van der Waals surface area contributed by atoms with Crippen molar-refractivity contribution in [2.75, 3.05) is 7.11 Å². The van der Waals surface area contributed by atoms with Gasteiger partial charge in [-0.1, -0.05) is 19.3 Å². The second-order valence-electron chi connectivity index (χ2n) is 4.35. The van der Waals surface area contributed by atoms with Gasteiger partial charge in [0.1, 0.15) is 0 Å². The predicted octanol–water partition coefficient (Wildman–Crippen LogP) is 1.99. The van der Waals surface area contributed by atoms with Gasteiger partial charge in [0.2, 0.25) is 0 Å². The fraction of sp³-hybridized carbons (Fsp3) is 0.909. The lowest BCUT2D eigenvalue weighted by Gasteiger charge is -2.33. The van der Waals surface area contributed by atoms with Crippen molar-refractivity contribution in [2.45, 2.75) is 56.9 Å². The summed E-state index contributed by atoms with van der Waals surface area (Å²) in [4.78, 5) is 10.9.